The number of carboxylic acid groups (broad SMARTS) is 1. The number of nitrogens with zero attached hydrogens (tertiary/aromatic N) is 1. The van der Waals surface area contributed by atoms with Crippen molar-refractivity contribution in [2.75, 3.05) is 25.0 Å². The fourth-order valence-electron chi connectivity index (χ4n) is 3.91. The van der Waals surface area contributed by atoms with E-state index < -0.39 is 6.09 Å². The number of benzene rings is 1. The summed E-state index contributed by atoms with van der Waals surface area (Å²) in [6.45, 7) is 3.58. The van der Waals surface area contributed by atoms with Gasteiger partial charge in [0.15, 0.2) is 0 Å². The molecule has 1 fully saturated rings. The van der Waals surface area contributed by atoms with Gasteiger partial charge >= 0.3 is 6.09 Å². The first-order valence-corrected chi connectivity index (χ1v) is 7.14. The van der Waals surface area contributed by atoms with Crippen molar-refractivity contribution in [1.29, 1.82) is 0 Å². The van der Waals surface area contributed by atoms with Crippen LogP contribution in [0.25, 0.3) is 0 Å². The maximum Gasteiger partial charge on any atom is 0.407 e. The lowest BCUT2D eigenvalue weighted by Crippen LogP contribution is -2.46. The minimum atomic E-state index is -0.798. The molecule has 0 aliphatic carbocycles. The Kier molecular flexibility index (Phi) is 2.48. The third kappa shape index (κ3) is 1.56. The summed E-state index contributed by atoms with van der Waals surface area (Å²) >= 11 is 0. The second kappa shape index (κ2) is 4.12. The van der Waals surface area contributed by atoms with Crippen LogP contribution in [0.15, 0.2) is 12.1 Å². The van der Waals surface area contributed by atoms with Crippen LogP contribution in [0, 0.1) is 0 Å². The van der Waals surface area contributed by atoms with Crippen LogP contribution in [0.5, 0.6) is 0 Å². The predicted octanol–water partition coefficient (Wildman–Crippen LogP) is 2.15. The van der Waals surface area contributed by atoms with Gasteiger partial charge in [-0.2, -0.15) is 0 Å². The van der Waals surface area contributed by atoms with Gasteiger partial charge in [0, 0.05) is 30.7 Å². The topological polar surface area (TPSA) is 61.8 Å². The molecule has 3 aliphatic rings. The van der Waals surface area contributed by atoms with Crippen molar-refractivity contribution < 1.29 is 14.6 Å². The van der Waals surface area contributed by atoms with E-state index in [-0.39, 0.29) is 5.41 Å². The van der Waals surface area contributed by atoms with E-state index in [4.69, 9.17) is 9.84 Å². The van der Waals surface area contributed by atoms with Crippen molar-refractivity contribution >= 4 is 11.8 Å². The zero-order valence-corrected chi connectivity index (χ0v) is 11.3. The van der Waals surface area contributed by atoms with E-state index in [1.54, 1.807) is 0 Å². The second-order valence-electron chi connectivity index (χ2n) is 6.02. The molecule has 5 nitrogen and oxygen atoms in total. The van der Waals surface area contributed by atoms with E-state index in [1.165, 1.54) is 27.3 Å². The van der Waals surface area contributed by atoms with E-state index in [0.29, 0.717) is 26.3 Å². The van der Waals surface area contributed by atoms with E-state index >= 15 is 0 Å². The van der Waals surface area contributed by atoms with Crippen LogP contribution in [0.4, 0.5) is 10.5 Å². The number of hydrogen-bond acceptors (Lipinski definition) is 3. The SMILES string of the molecule is O=C(O)N1CCC2(CC1)CNc1ccc3c(c12)COC3. The number of rotatable bonds is 0. The molecule has 3 aliphatic heterocycles. The molecule has 106 valence electrons. The third-order valence-corrected chi connectivity index (χ3v) is 5.05. The zero-order valence-electron chi connectivity index (χ0n) is 11.3. The standard InChI is InChI=1S/C15H18N2O3/c18-14(19)17-5-3-15(4-6-17)9-16-12-2-1-10-7-20-8-11(10)13(12)15/h1-2,16H,3-9H2,(H,18,19). The first-order valence-electron chi connectivity index (χ1n) is 7.14. The molecule has 1 saturated heterocycles. The van der Waals surface area contributed by atoms with E-state index in [1.807, 2.05) is 0 Å². The number of likely N-dealkylation sites (tertiary alicyclic amines) is 1. The van der Waals surface area contributed by atoms with Crippen molar-refractivity contribution in [3.63, 3.8) is 0 Å². The van der Waals surface area contributed by atoms with Crippen LogP contribution in [-0.4, -0.2) is 35.7 Å². The monoisotopic (exact) mass is 274 g/mol. The molecule has 0 unspecified atom stereocenters. The molecular formula is C15H18N2O3. The Morgan fingerprint density at radius 1 is 1.30 bits per heavy atom. The maximum absolute atomic E-state index is 11.1. The molecule has 1 spiro atoms. The lowest BCUT2D eigenvalue weighted by molar-refractivity contribution is 0.118. The normalized spacial score (nSPS) is 22.5. The van der Waals surface area contributed by atoms with E-state index in [0.717, 1.165) is 19.4 Å². The van der Waals surface area contributed by atoms with Gasteiger partial charge in [0.25, 0.3) is 0 Å². The second-order valence-corrected chi connectivity index (χ2v) is 6.02. The van der Waals surface area contributed by atoms with Crippen LogP contribution in [0.1, 0.15) is 29.5 Å². The summed E-state index contributed by atoms with van der Waals surface area (Å²) in [5.74, 6) is 0. The Bertz CT molecular complexity index is 577. The van der Waals surface area contributed by atoms with Crippen molar-refractivity contribution in [2.24, 2.45) is 0 Å². The van der Waals surface area contributed by atoms with Crippen LogP contribution >= 0.6 is 0 Å². The van der Waals surface area contributed by atoms with Crippen LogP contribution in [0.3, 0.4) is 0 Å². The number of anilines is 1. The van der Waals surface area contributed by atoms with Gasteiger partial charge in [-0.3, -0.25) is 0 Å². The third-order valence-electron chi connectivity index (χ3n) is 5.05. The highest BCUT2D eigenvalue weighted by molar-refractivity contribution is 5.68. The summed E-state index contributed by atoms with van der Waals surface area (Å²) in [5.41, 5.74) is 5.36. The first kappa shape index (κ1) is 12.0. The Morgan fingerprint density at radius 2 is 2.10 bits per heavy atom. The average Bonchev–Trinajstić information content (AvgIpc) is 3.04. The van der Waals surface area contributed by atoms with Crippen molar-refractivity contribution in [1.82, 2.24) is 4.90 Å². The molecule has 1 aromatic carbocycles. The minimum absolute atomic E-state index is 0.0975. The Balaban J connectivity index is 1.71. The summed E-state index contributed by atoms with van der Waals surface area (Å²) in [6.07, 6.45) is 0.999. The molecule has 0 bridgehead atoms. The smallest absolute Gasteiger partial charge is 0.407 e. The van der Waals surface area contributed by atoms with Gasteiger partial charge in [0.1, 0.15) is 0 Å². The highest BCUT2D eigenvalue weighted by Crippen LogP contribution is 2.47. The number of nitrogens with one attached hydrogen (secondary N) is 1. The lowest BCUT2D eigenvalue weighted by Gasteiger charge is -2.39. The molecule has 20 heavy (non-hydrogen) atoms. The highest BCUT2D eigenvalue weighted by atomic mass is 16.5. The fraction of sp³-hybridized carbons (Fsp3) is 0.533. The fourth-order valence-corrected chi connectivity index (χ4v) is 3.91. The maximum atomic E-state index is 11.1. The Hall–Kier alpha value is -1.75. The van der Waals surface area contributed by atoms with Crippen LogP contribution in [0.2, 0.25) is 0 Å². The Labute approximate surface area is 117 Å². The van der Waals surface area contributed by atoms with Gasteiger partial charge in [-0.25, -0.2) is 4.79 Å². The molecule has 2 N–H and O–H groups in total. The molecular weight excluding hydrogens is 256 g/mol. The van der Waals surface area contributed by atoms with Crippen molar-refractivity contribution in [3.8, 4) is 0 Å². The number of piperidine rings is 1. The molecule has 3 heterocycles. The average molecular weight is 274 g/mol. The number of carbonyl (C=O) groups is 1. The molecule has 0 atom stereocenters. The van der Waals surface area contributed by atoms with Gasteiger partial charge in [-0.15, -0.1) is 0 Å². The number of amides is 1. The summed E-state index contributed by atoms with van der Waals surface area (Å²) < 4.78 is 5.60. The summed E-state index contributed by atoms with van der Waals surface area (Å²) in [5, 5.41) is 12.6. The predicted molar refractivity (Wildman–Crippen MR) is 73.9 cm³/mol. The molecule has 1 aromatic rings. The molecule has 0 saturated carbocycles. The largest absolute Gasteiger partial charge is 0.465 e. The molecule has 0 radical (unpaired) electrons. The van der Waals surface area contributed by atoms with E-state index in [9.17, 15) is 4.79 Å². The lowest BCUT2D eigenvalue weighted by atomic mass is 9.72. The van der Waals surface area contributed by atoms with Gasteiger partial charge in [-0.05, 0) is 35.6 Å². The number of ether oxygens (including phenoxy) is 1. The van der Waals surface area contributed by atoms with Gasteiger partial charge in [0.2, 0.25) is 0 Å². The van der Waals surface area contributed by atoms with Crippen LogP contribution in [-0.2, 0) is 23.4 Å². The highest BCUT2D eigenvalue weighted by Gasteiger charge is 2.44. The molecule has 0 aromatic heterocycles. The first-order chi connectivity index (χ1) is 9.70. The quantitative estimate of drug-likeness (QED) is 0.761. The van der Waals surface area contributed by atoms with Gasteiger partial charge in [0.05, 0.1) is 13.2 Å². The summed E-state index contributed by atoms with van der Waals surface area (Å²) in [6, 6.07) is 4.31. The van der Waals surface area contributed by atoms with Gasteiger partial charge < -0.3 is 20.1 Å². The van der Waals surface area contributed by atoms with Gasteiger partial charge in [-0.1, -0.05) is 6.07 Å². The molecule has 1 amide bonds. The Morgan fingerprint density at radius 3 is 2.85 bits per heavy atom. The zero-order chi connectivity index (χ0) is 13.7. The van der Waals surface area contributed by atoms with Crippen LogP contribution < -0.4 is 5.32 Å². The minimum Gasteiger partial charge on any atom is -0.465 e. The van der Waals surface area contributed by atoms with E-state index in [2.05, 4.69) is 17.4 Å². The number of fused-ring (bicyclic) bond motifs is 4. The summed E-state index contributed by atoms with van der Waals surface area (Å²) in [7, 11) is 0. The van der Waals surface area contributed by atoms with Crippen molar-refractivity contribution in [3.05, 3.63) is 28.8 Å². The molecule has 5 heteroatoms. The summed E-state index contributed by atoms with van der Waals surface area (Å²) in [4.78, 5) is 12.6. The van der Waals surface area contributed by atoms with Crippen molar-refractivity contribution in [2.45, 2.75) is 31.5 Å². The number of hydrogen-bond donors (Lipinski definition) is 2. The molecule has 4 rings (SSSR count).